The molecule has 31 heavy (non-hydrogen) atoms. The molecule has 6 nitrogen and oxygen atoms in total. The minimum absolute atomic E-state index is 0.123. The van der Waals surface area contributed by atoms with Crippen molar-refractivity contribution in [2.45, 2.75) is 13.5 Å². The molecule has 0 aliphatic carbocycles. The van der Waals surface area contributed by atoms with E-state index in [1.807, 2.05) is 49.4 Å². The summed E-state index contributed by atoms with van der Waals surface area (Å²) in [6.45, 7) is 1.46. The van der Waals surface area contributed by atoms with E-state index < -0.39 is 5.97 Å². The molecule has 2 heterocycles. The van der Waals surface area contributed by atoms with Gasteiger partial charge in [-0.25, -0.2) is 9.78 Å². The lowest BCUT2D eigenvalue weighted by Gasteiger charge is -2.10. The van der Waals surface area contributed by atoms with E-state index in [2.05, 4.69) is 4.98 Å². The zero-order chi connectivity index (χ0) is 21.8. The van der Waals surface area contributed by atoms with Gasteiger partial charge in [0.05, 0.1) is 10.7 Å². The van der Waals surface area contributed by atoms with Crippen LogP contribution in [0.5, 0.6) is 5.75 Å². The number of hydrogen-bond donors (Lipinski definition) is 0. The summed E-state index contributed by atoms with van der Waals surface area (Å²) in [6.07, 6.45) is 1.71. The Kier molecular flexibility index (Phi) is 6.00. The Bertz CT molecular complexity index is 1300. The van der Waals surface area contributed by atoms with Crippen LogP contribution in [0.4, 0.5) is 0 Å². The van der Waals surface area contributed by atoms with E-state index in [4.69, 9.17) is 21.1 Å². The summed E-state index contributed by atoms with van der Waals surface area (Å²) in [5.41, 5.74) is 3.55. The number of hydrogen-bond acceptors (Lipinski definition) is 5. The molecule has 0 unspecified atom stereocenters. The number of esters is 1. The van der Waals surface area contributed by atoms with Crippen LogP contribution in [-0.4, -0.2) is 22.0 Å². The second kappa shape index (κ2) is 9.02. The van der Waals surface area contributed by atoms with Crippen molar-refractivity contribution >= 4 is 23.2 Å². The first-order chi connectivity index (χ1) is 15.0. The molecule has 0 aliphatic rings. The maximum Gasteiger partial charge on any atom is 0.344 e. The predicted octanol–water partition coefficient (Wildman–Crippen LogP) is 4.45. The van der Waals surface area contributed by atoms with Gasteiger partial charge in [0.15, 0.2) is 6.61 Å². The fourth-order valence-electron chi connectivity index (χ4n) is 3.09. The van der Waals surface area contributed by atoms with Crippen LogP contribution in [0.3, 0.4) is 0 Å². The van der Waals surface area contributed by atoms with Gasteiger partial charge in [-0.2, -0.15) is 0 Å². The number of carbonyl (C=O) groups is 1. The van der Waals surface area contributed by atoms with Crippen molar-refractivity contribution in [1.29, 1.82) is 0 Å². The number of nitrogens with zero attached hydrogens (tertiary/aromatic N) is 2. The van der Waals surface area contributed by atoms with Crippen LogP contribution in [-0.2, 0) is 16.1 Å². The Morgan fingerprint density at radius 3 is 2.61 bits per heavy atom. The molecule has 156 valence electrons. The molecule has 2 aromatic carbocycles. The normalized spacial score (nSPS) is 10.8. The molecule has 0 saturated heterocycles. The van der Waals surface area contributed by atoms with Gasteiger partial charge in [0.1, 0.15) is 18.0 Å². The predicted molar refractivity (Wildman–Crippen MR) is 118 cm³/mol. The Labute approximate surface area is 183 Å². The highest BCUT2D eigenvalue weighted by Gasteiger charge is 2.10. The maximum absolute atomic E-state index is 12.2. The number of carbonyl (C=O) groups excluding carboxylic acids is 1. The fourth-order valence-corrected chi connectivity index (χ4v) is 3.33. The molecule has 0 atom stereocenters. The van der Waals surface area contributed by atoms with Gasteiger partial charge in [0, 0.05) is 12.3 Å². The summed E-state index contributed by atoms with van der Waals surface area (Å²) in [5, 5.41) is 0.397. The molecule has 7 heteroatoms. The quantitative estimate of drug-likeness (QED) is 0.419. The molecule has 0 fully saturated rings. The van der Waals surface area contributed by atoms with Crippen molar-refractivity contribution in [2.24, 2.45) is 0 Å². The van der Waals surface area contributed by atoms with Crippen LogP contribution in [0, 0.1) is 6.92 Å². The molecule has 0 saturated carbocycles. The topological polar surface area (TPSA) is 69.9 Å². The number of fused-ring (bicyclic) bond motifs is 1. The average Bonchev–Trinajstić information content (AvgIpc) is 2.78. The van der Waals surface area contributed by atoms with E-state index in [1.165, 1.54) is 10.5 Å². The molecule has 0 spiro atoms. The van der Waals surface area contributed by atoms with Crippen molar-refractivity contribution in [1.82, 2.24) is 9.38 Å². The molecule has 0 radical (unpaired) electrons. The van der Waals surface area contributed by atoms with E-state index in [1.54, 1.807) is 24.4 Å². The van der Waals surface area contributed by atoms with Gasteiger partial charge in [0.25, 0.3) is 5.56 Å². The molecular weight excluding hydrogens is 416 g/mol. The number of aryl methyl sites for hydroxylation is 1. The van der Waals surface area contributed by atoms with Gasteiger partial charge in [-0.05, 0) is 41.8 Å². The van der Waals surface area contributed by atoms with Gasteiger partial charge in [0.2, 0.25) is 0 Å². The first-order valence-electron chi connectivity index (χ1n) is 9.62. The third kappa shape index (κ3) is 4.92. The maximum atomic E-state index is 12.2. The monoisotopic (exact) mass is 434 g/mol. The van der Waals surface area contributed by atoms with Crippen molar-refractivity contribution in [3.63, 3.8) is 0 Å². The second-order valence-electron chi connectivity index (χ2n) is 6.98. The summed E-state index contributed by atoms with van der Waals surface area (Å²) in [6, 6.07) is 20.1. The van der Waals surface area contributed by atoms with Crippen LogP contribution in [0.15, 0.2) is 77.7 Å². The number of ether oxygens (including phenoxy) is 2. The lowest BCUT2D eigenvalue weighted by Crippen LogP contribution is -2.18. The summed E-state index contributed by atoms with van der Waals surface area (Å²) < 4.78 is 12.1. The zero-order valence-electron chi connectivity index (χ0n) is 16.7. The minimum Gasteiger partial charge on any atom is -0.480 e. The third-order valence-electron chi connectivity index (χ3n) is 4.63. The van der Waals surface area contributed by atoms with Crippen molar-refractivity contribution < 1.29 is 14.3 Å². The van der Waals surface area contributed by atoms with Crippen LogP contribution < -0.4 is 10.3 Å². The standard InChI is InChI=1S/C24H19ClN2O4/c1-16-7-10-22-26-19(12-23(28)27(22)13-16)14-31-24(29)15-30-21-9-8-18(11-20(21)25)17-5-3-2-4-6-17/h2-13H,14-15H2,1H3. The average molecular weight is 435 g/mol. The highest BCUT2D eigenvalue weighted by molar-refractivity contribution is 6.32. The van der Waals surface area contributed by atoms with Crippen LogP contribution >= 0.6 is 11.6 Å². The van der Waals surface area contributed by atoms with Crippen LogP contribution in [0.1, 0.15) is 11.3 Å². The zero-order valence-corrected chi connectivity index (χ0v) is 17.5. The minimum atomic E-state index is -0.589. The SMILES string of the molecule is Cc1ccc2nc(COC(=O)COc3ccc(-c4ccccc4)cc3Cl)cc(=O)n2c1. The number of pyridine rings is 1. The highest BCUT2D eigenvalue weighted by atomic mass is 35.5. The second-order valence-corrected chi connectivity index (χ2v) is 7.39. The largest absolute Gasteiger partial charge is 0.480 e. The van der Waals surface area contributed by atoms with Gasteiger partial charge in [-0.3, -0.25) is 9.20 Å². The number of halogens is 1. The molecule has 0 N–H and O–H groups in total. The lowest BCUT2D eigenvalue weighted by molar-refractivity contribution is -0.147. The summed E-state index contributed by atoms with van der Waals surface area (Å²) in [5.74, 6) is -0.204. The third-order valence-corrected chi connectivity index (χ3v) is 4.92. The molecule has 4 rings (SSSR count). The summed E-state index contributed by atoms with van der Waals surface area (Å²) >= 11 is 6.30. The van der Waals surface area contributed by atoms with Crippen molar-refractivity contribution in [3.05, 3.63) is 99.6 Å². The van der Waals surface area contributed by atoms with E-state index >= 15 is 0 Å². The molecular formula is C24H19ClN2O4. The molecule has 0 bridgehead atoms. The van der Waals surface area contributed by atoms with E-state index in [0.29, 0.717) is 22.1 Å². The van der Waals surface area contributed by atoms with E-state index in [0.717, 1.165) is 16.7 Å². The molecule has 4 aromatic rings. The smallest absolute Gasteiger partial charge is 0.344 e. The molecule has 0 aliphatic heterocycles. The summed E-state index contributed by atoms with van der Waals surface area (Å²) in [4.78, 5) is 28.6. The van der Waals surface area contributed by atoms with E-state index in [9.17, 15) is 9.59 Å². The Morgan fingerprint density at radius 1 is 1.03 bits per heavy atom. The Morgan fingerprint density at radius 2 is 1.84 bits per heavy atom. The highest BCUT2D eigenvalue weighted by Crippen LogP contribution is 2.30. The van der Waals surface area contributed by atoms with Gasteiger partial charge in [-0.1, -0.05) is 54.1 Å². The number of benzene rings is 2. The Balaban J connectivity index is 1.36. The molecule has 2 aromatic heterocycles. The first-order valence-corrected chi connectivity index (χ1v) is 10.00. The summed E-state index contributed by atoms with van der Waals surface area (Å²) in [7, 11) is 0. The van der Waals surface area contributed by atoms with Crippen LogP contribution in [0.2, 0.25) is 5.02 Å². The Hall–Kier alpha value is -3.64. The van der Waals surface area contributed by atoms with Crippen LogP contribution in [0.25, 0.3) is 16.8 Å². The molecule has 0 amide bonds. The number of aromatic nitrogens is 2. The van der Waals surface area contributed by atoms with Gasteiger partial charge < -0.3 is 9.47 Å². The fraction of sp³-hybridized carbons (Fsp3) is 0.125. The lowest BCUT2D eigenvalue weighted by atomic mass is 10.1. The van der Waals surface area contributed by atoms with E-state index in [-0.39, 0.29) is 18.8 Å². The van der Waals surface area contributed by atoms with Gasteiger partial charge in [-0.15, -0.1) is 0 Å². The number of rotatable bonds is 6. The van der Waals surface area contributed by atoms with Gasteiger partial charge >= 0.3 is 5.97 Å². The van der Waals surface area contributed by atoms with Crippen molar-refractivity contribution in [2.75, 3.05) is 6.61 Å². The van der Waals surface area contributed by atoms with Crippen molar-refractivity contribution in [3.8, 4) is 16.9 Å². The first kappa shape index (κ1) is 20.6.